The molecule has 0 fully saturated rings. The van der Waals surface area contributed by atoms with Crippen molar-refractivity contribution in [1.82, 2.24) is 5.32 Å². The Morgan fingerprint density at radius 2 is 1.73 bits per heavy atom. The fourth-order valence-electron chi connectivity index (χ4n) is 2.13. The topological polar surface area (TPSA) is 128 Å². The summed E-state index contributed by atoms with van der Waals surface area (Å²) in [4.78, 5) is 47.1. The van der Waals surface area contributed by atoms with Crippen LogP contribution in [0, 0.1) is 11.6 Å². The summed E-state index contributed by atoms with van der Waals surface area (Å²) in [7, 11) is 0. The van der Waals surface area contributed by atoms with E-state index in [0.717, 1.165) is 30.0 Å². The van der Waals surface area contributed by atoms with Crippen LogP contribution in [-0.4, -0.2) is 42.6 Å². The van der Waals surface area contributed by atoms with Crippen molar-refractivity contribution < 1.29 is 32.7 Å². The van der Waals surface area contributed by atoms with Crippen LogP contribution in [0.3, 0.4) is 0 Å². The first-order valence-corrected chi connectivity index (χ1v) is 9.43. The molecule has 0 bridgehead atoms. The number of primary amides is 1. The lowest BCUT2D eigenvalue weighted by molar-refractivity contribution is -0.126. The number of nitrogens with one attached hydrogen (secondary N) is 2. The van der Waals surface area contributed by atoms with Gasteiger partial charge in [-0.3, -0.25) is 14.4 Å². The number of nitrogens with two attached hydrogens (primary N) is 1. The fourth-order valence-corrected chi connectivity index (χ4v) is 2.91. The van der Waals surface area contributed by atoms with Gasteiger partial charge in [0.15, 0.2) is 18.2 Å². The number of ether oxygens (including phenoxy) is 1. The lowest BCUT2D eigenvalue weighted by atomic mass is 10.2. The SMILES string of the molecule is NC(=O)CSc1ccccc1C(=O)OCC(=O)NCC(=O)Nc1ccc(F)c(F)c1. The summed E-state index contributed by atoms with van der Waals surface area (Å²) in [6.07, 6.45) is 0. The first-order valence-electron chi connectivity index (χ1n) is 8.45. The van der Waals surface area contributed by atoms with Gasteiger partial charge >= 0.3 is 5.97 Å². The number of benzene rings is 2. The van der Waals surface area contributed by atoms with E-state index in [0.29, 0.717) is 4.90 Å². The summed E-state index contributed by atoms with van der Waals surface area (Å²) in [5.74, 6) is -4.98. The van der Waals surface area contributed by atoms with Crippen LogP contribution in [0.1, 0.15) is 10.4 Å². The van der Waals surface area contributed by atoms with E-state index < -0.39 is 48.5 Å². The summed E-state index contributed by atoms with van der Waals surface area (Å²) in [5.41, 5.74) is 5.27. The molecule has 0 heterocycles. The van der Waals surface area contributed by atoms with Gasteiger partial charge in [-0.05, 0) is 24.3 Å². The van der Waals surface area contributed by atoms with Crippen molar-refractivity contribution in [2.45, 2.75) is 4.90 Å². The summed E-state index contributed by atoms with van der Waals surface area (Å²) < 4.78 is 30.9. The van der Waals surface area contributed by atoms with Gasteiger partial charge in [-0.15, -0.1) is 11.8 Å². The van der Waals surface area contributed by atoms with Crippen LogP contribution in [0.5, 0.6) is 0 Å². The van der Waals surface area contributed by atoms with Crippen molar-refractivity contribution in [2.24, 2.45) is 5.73 Å². The molecule has 2 rings (SSSR count). The van der Waals surface area contributed by atoms with E-state index in [4.69, 9.17) is 10.5 Å². The number of hydrogen-bond acceptors (Lipinski definition) is 6. The molecule has 158 valence electrons. The molecule has 0 atom stereocenters. The lowest BCUT2D eigenvalue weighted by Crippen LogP contribution is -2.35. The molecule has 0 aliphatic rings. The summed E-state index contributed by atoms with van der Waals surface area (Å²) >= 11 is 1.06. The number of carbonyl (C=O) groups excluding carboxylic acids is 4. The molecule has 0 aliphatic heterocycles. The first-order chi connectivity index (χ1) is 14.3. The van der Waals surface area contributed by atoms with Gasteiger partial charge in [0.1, 0.15) is 0 Å². The molecule has 4 N–H and O–H groups in total. The number of rotatable bonds is 9. The molecule has 0 aromatic heterocycles. The summed E-state index contributed by atoms with van der Waals surface area (Å²) in [5, 5.41) is 4.51. The van der Waals surface area contributed by atoms with E-state index in [1.807, 2.05) is 0 Å². The van der Waals surface area contributed by atoms with Crippen LogP contribution in [0.25, 0.3) is 0 Å². The third-order valence-electron chi connectivity index (χ3n) is 3.46. The highest BCUT2D eigenvalue weighted by molar-refractivity contribution is 8.00. The zero-order valence-corrected chi connectivity index (χ0v) is 16.3. The van der Waals surface area contributed by atoms with E-state index in [1.54, 1.807) is 18.2 Å². The molecule has 3 amide bonds. The zero-order chi connectivity index (χ0) is 22.1. The van der Waals surface area contributed by atoms with Gasteiger partial charge in [-0.25, -0.2) is 13.6 Å². The van der Waals surface area contributed by atoms with Crippen molar-refractivity contribution >= 4 is 41.1 Å². The Bertz CT molecular complexity index is 971. The number of halogens is 2. The van der Waals surface area contributed by atoms with Crippen LogP contribution < -0.4 is 16.4 Å². The molecule has 0 saturated heterocycles. The minimum absolute atomic E-state index is 0.0182. The van der Waals surface area contributed by atoms with Gasteiger partial charge in [0.25, 0.3) is 5.91 Å². The maximum absolute atomic E-state index is 13.1. The fraction of sp³-hybridized carbons (Fsp3) is 0.158. The summed E-state index contributed by atoms with van der Waals surface area (Å²) in [6.45, 7) is -1.12. The minimum Gasteiger partial charge on any atom is -0.452 e. The molecule has 0 spiro atoms. The molecule has 2 aromatic rings. The van der Waals surface area contributed by atoms with E-state index in [1.165, 1.54) is 6.07 Å². The minimum atomic E-state index is -1.13. The monoisotopic (exact) mass is 437 g/mol. The molecule has 11 heteroatoms. The molecule has 0 radical (unpaired) electrons. The largest absolute Gasteiger partial charge is 0.452 e. The number of esters is 1. The highest BCUT2D eigenvalue weighted by Gasteiger charge is 2.15. The maximum atomic E-state index is 13.1. The van der Waals surface area contributed by atoms with Gasteiger partial charge in [0.2, 0.25) is 11.8 Å². The maximum Gasteiger partial charge on any atom is 0.339 e. The predicted octanol–water partition coefficient (Wildman–Crippen LogP) is 1.45. The highest BCUT2D eigenvalue weighted by Crippen LogP contribution is 2.23. The van der Waals surface area contributed by atoms with Crippen molar-refractivity contribution in [1.29, 1.82) is 0 Å². The molecule has 30 heavy (non-hydrogen) atoms. The average Bonchev–Trinajstić information content (AvgIpc) is 2.71. The Hall–Kier alpha value is -3.47. The number of thioether (sulfide) groups is 1. The van der Waals surface area contributed by atoms with Crippen LogP contribution >= 0.6 is 11.8 Å². The molecular formula is C19H17F2N3O5S. The third-order valence-corrected chi connectivity index (χ3v) is 4.56. The smallest absolute Gasteiger partial charge is 0.339 e. The molecule has 2 aromatic carbocycles. The number of anilines is 1. The quantitative estimate of drug-likeness (QED) is 0.403. The first kappa shape index (κ1) is 22.8. The van der Waals surface area contributed by atoms with Gasteiger partial charge in [0, 0.05) is 16.6 Å². The molecule has 0 aliphatic carbocycles. The normalized spacial score (nSPS) is 10.2. The van der Waals surface area contributed by atoms with E-state index in [9.17, 15) is 28.0 Å². The summed E-state index contributed by atoms with van der Waals surface area (Å²) in [6, 6.07) is 9.14. The van der Waals surface area contributed by atoms with Crippen molar-refractivity contribution in [3.8, 4) is 0 Å². The Morgan fingerprint density at radius 3 is 2.43 bits per heavy atom. The van der Waals surface area contributed by atoms with Crippen LogP contribution in [0.15, 0.2) is 47.4 Å². The molecule has 0 saturated carbocycles. The van der Waals surface area contributed by atoms with Gasteiger partial charge in [0.05, 0.1) is 17.9 Å². The van der Waals surface area contributed by atoms with E-state index in [-0.39, 0.29) is 17.0 Å². The average molecular weight is 437 g/mol. The Kier molecular flexibility index (Phi) is 8.29. The Morgan fingerprint density at radius 1 is 1.00 bits per heavy atom. The Labute approximate surface area is 174 Å². The second kappa shape index (κ2) is 10.9. The van der Waals surface area contributed by atoms with Crippen LogP contribution in [0.2, 0.25) is 0 Å². The zero-order valence-electron chi connectivity index (χ0n) is 15.4. The number of hydrogen-bond donors (Lipinski definition) is 3. The lowest BCUT2D eigenvalue weighted by Gasteiger charge is -2.10. The highest BCUT2D eigenvalue weighted by atomic mass is 32.2. The van der Waals surface area contributed by atoms with Crippen molar-refractivity contribution in [3.63, 3.8) is 0 Å². The second-order valence-electron chi connectivity index (χ2n) is 5.78. The van der Waals surface area contributed by atoms with Crippen LogP contribution in [-0.2, 0) is 19.1 Å². The van der Waals surface area contributed by atoms with Gasteiger partial charge in [-0.1, -0.05) is 12.1 Å². The predicted molar refractivity (Wildman–Crippen MR) is 105 cm³/mol. The van der Waals surface area contributed by atoms with Gasteiger partial charge in [-0.2, -0.15) is 0 Å². The molecular weight excluding hydrogens is 420 g/mol. The number of carbonyl (C=O) groups is 4. The van der Waals surface area contributed by atoms with Crippen LogP contribution in [0.4, 0.5) is 14.5 Å². The van der Waals surface area contributed by atoms with Crippen molar-refractivity contribution in [3.05, 3.63) is 59.7 Å². The third kappa shape index (κ3) is 7.17. The van der Waals surface area contributed by atoms with E-state index >= 15 is 0 Å². The van der Waals surface area contributed by atoms with Gasteiger partial charge < -0.3 is 21.1 Å². The van der Waals surface area contributed by atoms with E-state index in [2.05, 4.69) is 10.6 Å². The number of amides is 3. The second-order valence-corrected chi connectivity index (χ2v) is 6.80. The standard InChI is InChI=1S/C19H17F2N3O5S/c20-13-6-5-11(7-14(13)21)24-17(26)8-23-18(27)9-29-19(28)12-3-1-2-4-15(12)30-10-16(22)25/h1-7H,8-10H2,(H2,22,25)(H,23,27)(H,24,26). The van der Waals surface area contributed by atoms with Crippen molar-refractivity contribution in [2.75, 3.05) is 24.2 Å². The Balaban J connectivity index is 1.80. The molecule has 0 unspecified atom stereocenters. The molecule has 8 nitrogen and oxygen atoms in total.